The van der Waals surface area contributed by atoms with E-state index in [0.717, 1.165) is 54.9 Å². The molecule has 2 heterocycles. The molecule has 0 bridgehead atoms. The number of nitrogens with zero attached hydrogens (tertiary/aromatic N) is 2. The lowest BCUT2D eigenvalue weighted by Gasteiger charge is -2.13. The van der Waals surface area contributed by atoms with Crippen molar-refractivity contribution in [2.45, 2.75) is 0 Å². The summed E-state index contributed by atoms with van der Waals surface area (Å²) in [4.78, 5) is 10.6. The van der Waals surface area contributed by atoms with E-state index in [4.69, 9.17) is 9.97 Å². The van der Waals surface area contributed by atoms with Crippen molar-refractivity contribution in [1.29, 1.82) is 0 Å². The van der Waals surface area contributed by atoms with Crippen LogP contribution >= 0.6 is 11.3 Å². The highest BCUT2D eigenvalue weighted by Crippen LogP contribution is 2.41. The Kier molecular flexibility index (Phi) is 8.40. The van der Waals surface area contributed by atoms with Gasteiger partial charge >= 0.3 is 0 Å². The molecule has 0 saturated carbocycles. The average molecular weight is 719 g/mol. The van der Waals surface area contributed by atoms with Gasteiger partial charge < -0.3 is 0 Å². The summed E-state index contributed by atoms with van der Waals surface area (Å²) in [5.74, 6) is 0.726. The minimum Gasteiger partial charge on any atom is -0.226 e. The molecule has 0 spiro atoms. The lowest BCUT2D eigenvalue weighted by molar-refractivity contribution is 1.24. The van der Waals surface area contributed by atoms with Gasteiger partial charge in [-0.2, -0.15) is 0 Å². The highest BCUT2D eigenvalue weighted by Gasteiger charge is 2.18. The summed E-state index contributed by atoms with van der Waals surface area (Å²) in [6, 6.07) is 73.5. The molecule has 0 amide bonds. The van der Waals surface area contributed by atoms with Crippen molar-refractivity contribution in [3.8, 4) is 78.3 Å². The first-order valence-electron chi connectivity index (χ1n) is 18.6. The van der Waals surface area contributed by atoms with Crippen LogP contribution in [0.25, 0.3) is 98.6 Å². The van der Waals surface area contributed by atoms with Crippen LogP contribution in [0.3, 0.4) is 0 Å². The fraction of sp³-hybridized carbons (Fsp3) is 0. The van der Waals surface area contributed by atoms with E-state index in [2.05, 4.69) is 200 Å². The Labute approximate surface area is 324 Å². The standard InChI is InChI=1S/C52H34N2S/c1-4-15-35(16-5-1)38-21-14-26-43(31-38)52-53-49(51-50(54-52)47-27-10-11-28-48(47)55-51)42-25-13-23-40(30-42)39-22-12-24-41(29-39)46-33-44(36-17-6-2-7-18-36)32-45(34-46)37-19-8-3-9-20-37/h1-34H. The van der Waals surface area contributed by atoms with Crippen LogP contribution in [0.2, 0.25) is 0 Å². The first-order chi connectivity index (χ1) is 27.2. The summed E-state index contributed by atoms with van der Waals surface area (Å²) in [7, 11) is 0. The van der Waals surface area contributed by atoms with E-state index >= 15 is 0 Å². The van der Waals surface area contributed by atoms with Gasteiger partial charge in [0.25, 0.3) is 0 Å². The predicted molar refractivity (Wildman–Crippen MR) is 233 cm³/mol. The molecule has 0 N–H and O–H groups in total. The van der Waals surface area contributed by atoms with Crippen LogP contribution in [0.15, 0.2) is 206 Å². The van der Waals surface area contributed by atoms with Crippen molar-refractivity contribution in [1.82, 2.24) is 9.97 Å². The Bertz CT molecular complexity index is 2910. The Morgan fingerprint density at radius 1 is 0.291 bits per heavy atom. The molecule has 55 heavy (non-hydrogen) atoms. The van der Waals surface area contributed by atoms with Gasteiger partial charge in [0.05, 0.1) is 15.9 Å². The van der Waals surface area contributed by atoms with Crippen LogP contribution in [0.1, 0.15) is 0 Å². The molecule has 0 saturated heterocycles. The van der Waals surface area contributed by atoms with E-state index in [1.165, 1.54) is 43.6 Å². The van der Waals surface area contributed by atoms with Crippen molar-refractivity contribution in [3.63, 3.8) is 0 Å². The molecule has 10 rings (SSSR count). The number of rotatable bonds is 7. The summed E-state index contributed by atoms with van der Waals surface area (Å²) < 4.78 is 2.31. The number of aromatic nitrogens is 2. The zero-order valence-electron chi connectivity index (χ0n) is 29.9. The second-order valence-corrected chi connectivity index (χ2v) is 14.9. The number of hydrogen-bond donors (Lipinski definition) is 0. The predicted octanol–water partition coefficient (Wildman–Crippen LogP) is 14.5. The first kappa shape index (κ1) is 32.7. The maximum absolute atomic E-state index is 5.35. The molecule has 0 atom stereocenters. The third kappa shape index (κ3) is 6.41. The monoisotopic (exact) mass is 718 g/mol. The molecular weight excluding hydrogens is 685 g/mol. The smallest absolute Gasteiger partial charge is 0.160 e. The quantitative estimate of drug-likeness (QED) is 0.164. The van der Waals surface area contributed by atoms with Crippen LogP contribution in [0.5, 0.6) is 0 Å². The van der Waals surface area contributed by atoms with Crippen LogP contribution in [0, 0.1) is 0 Å². The largest absolute Gasteiger partial charge is 0.226 e. The molecular formula is C52H34N2S. The zero-order chi connectivity index (χ0) is 36.6. The third-order valence-corrected chi connectivity index (χ3v) is 11.4. The van der Waals surface area contributed by atoms with E-state index in [9.17, 15) is 0 Å². The molecule has 2 nitrogen and oxygen atoms in total. The van der Waals surface area contributed by atoms with Gasteiger partial charge in [-0.3, -0.25) is 0 Å². The molecule has 0 radical (unpaired) electrons. The van der Waals surface area contributed by atoms with Crippen molar-refractivity contribution in [3.05, 3.63) is 206 Å². The molecule has 0 aliphatic heterocycles. The van der Waals surface area contributed by atoms with Crippen molar-refractivity contribution >= 4 is 31.6 Å². The number of fused-ring (bicyclic) bond motifs is 3. The second kappa shape index (κ2) is 14.1. The van der Waals surface area contributed by atoms with Crippen LogP contribution < -0.4 is 0 Å². The highest BCUT2D eigenvalue weighted by molar-refractivity contribution is 7.26. The number of benzene rings is 8. The SMILES string of the molecule is c1ccc(-c2cc(-c3ccccc3)cc(-c3cccc(-c4cccc(-c5nc(-c6cccc(-c7ccccc7)c6)nc6c5sc5ccccc56)c4)c3)c2)cc1. The summed E-state index contributed by atoms with van der Waals surface area (Å²) in [5, 5.41) is 1.16. The van der Waals surface area contributed by atoms with E-state index in [-0.39, 0.29) is 0 Å². The topological polar surface area (TPSA) is 25.8 Å². The van der Waals surface area contributed by atoms with E-state index in [1.54, 1.807) is 11.3 Å². The van der Waals surface area contributed by atoms with Crippen LogP contribution in [-0.2, 0) is 0 Å². The van der Waals surface area contributed by atoms with Gasteiger partial charge in [-0.25, -0.2) is 9.97 Å². The van der Waals surface area contributed by atoms with Gasteiger partial charge in [-0.05, 0) is 98.1 Å². The van der Waals surface area contributed by atoms with Crippen molar-refractivity contribution in [2.75, 3.05) is 0 Å². The third-order valence-electron chi connectivity index (χ3n) is 10.3. The highest BCUT2D eigenvalue weighted by atomic mass is 32.1. The Balaban J connectivity index is 1.09. The van der Waals surface area contributed by atoms with Gasteiger partial charge in [0.15, 0.2) is 5.82 Å². The molecule has 3 heteroatoms. The van der Waals surface area contributed by atoms with E-state index in [0.29, 0.717) is 0 Å². The molecule has 0 fully saturated rings. The summed E-state index contributed by atoms with van der Waals surface area (Å²) in [6.45, 7) is 0. The zero-order valence-corrected chi connectivity index (χ0v) is 30.7. The molecule has 2 aromatic heterocycles. The number of thiophene rings is 1. The van der Waals surface area contributed by atoms with Crippen molar-refractivity contribution in [2.24, 2.45) is 0 Å². The minimum atomic E-state index is 0.726. The molecule has 258 valence electrons. The first-order valence-corrected chi connectivity index (χ1v) is 19.4. The fourth-order valence-electron chi connectivity index (χ4n) is 7.50. The maximum atomic E-state index is 5.35. The van der Waals surface area contributed by atoms with Crippen LogP contribution in [0.4, 0.5) is 0 Å². The van der Waals surface area contributed by atoms with Gasteiger partial charge in [0.1, 0.15) is 0 Å². The molecule has 10 aromatic rings. The fourth-order valence-corrected chi connectivity index (χ4v) is 8.65. The lowest BCUT2D eigenvalue weighted by Crippen LogP contribution is -1.94. The molecule has 0 unspecified atom stereocenters. The van der Waals surface area contributed by atoms with Gasteiger partial charge in [0.2, 0.25) is 0 Å². The Hall–Kier alpha value is -6.94. The lowest BCUT2D eigenvalue weighted by atomic mass is 9.92. The van der Waals surface area contributed by atoms with Gasteiger partial charge in [0, 0.05) is 21.2 Å². The van der Waals surface area contributed by atoms with Crippen molar-refractivity contribution < 1.29 is 0 Å². The van der Waals surface area contributed by atoms with E-state index in [1.807, 2.05) is 6.07 Å². The Morgan fingerprint density at radius 3 is 1.27 bits per heavy atom. The van der Waals surface area contributed by atoms with E-state index < -0.39 is 0 Å². The van der Waals surface area contributed by atoms with Crippen LogP contribution in [-0.4, -0.2) is 9.97 Å². The minimum absolute atomic E-state index is 0.726. The molecule has 8 aromatic carbocycles. The van der Waals surface area contributed by atoms with Gasteiger partial charge in [-0.15, -0.1) is 11.3 Å². The van der Waals surface area contributed by atoms with Gasteiger partial charge in [-0.1, -0.05) is 164 Å². The summed E-state index contributed by atoms with van der Waals surface area (Å²) in [6.07, 6.45) is 0. The maximum Gasteiger partial charge on any atom is 0.160 e. The average Bonchev–Trinajstić information content (AvgIpc) is 3.66. The summed E-state index contributed by atoms with van der Waals surface area (Å²) >= 11 is 1.76. The second-order valence-electron chi connectivity index (χ2n) is 13.8. The summed E-state index contributed by atoms with van der Waals surface area (Å²) in [5.41, 5.74) is 15.8. The Morgan fingerprint density at radius 2 is 0.673 bits per heavy atom. The normalized spacial score (nSPS) is 11.3. The molecule has 0 aliphatic carbocycles. The number of hydrogen-bond acceptors (Lipinski definition) is 3. The molecule has 0 aliphatic rings.